The zero-order valence-corrected chi connectivity index (χ0v) is 13.4. The van der Waals surface area contributed by atoms with Gasteiger partial charge in [-0.3, -0.25) is 4.79 Å². The molecule has 1 heterocycles. The summed E-state index contributed by atoms with van der Waals surface area (Å²) in [6.07, 6.45) is 0. The Labute approximate surface area is 128 Å². The molecule has 0 atom stereocenters. The molecule has 0 aliphatic carbocycles. The summed E-state index contributed by atoms with van der Waals surface area (Å²) in [7, 11) is 1.73. The maximum Gasteiger partial charge on any atom is 0.256 e. The van der Waals surface area contributed by atoms with Crippen molar-refractivity contribution in [2.75, 3.05) is 12.4 Å². The van der Waals surface area contributed by atoms with Crippen molar-refractivity contribution in [2.24, 2.45) is 0 Å². The van der Waals surface area contributed by atoms with Crippen LogP contribution in [0, 0.1) is 12.7 Å². The number of nitrogens with one attached hydrogen (secondary N) is 2. The Kier molecular flexibility index (Phi) is 4.72. The number of carbonyl (C=O) groups excluding carboxylic acids is 1. The van der Waals surface area contributed by atoms with Crippen LogP contribution in [0.3, 0.4) is 0 Å². The number of anilines is 1. The SMILES string of the molecule is CNc1snc(C)c1C(=O)NCc1cc(Br)ccc1F. The second-order valence-electron chi connectivity index (χ2n) is 4.14. The minimum absolute atomic E-state index is 0.128. The lowest BCUT2D eigenvalue weighted by Crippen LogP contribution is -2.24. The number of rotatable bonds is 4. The number of nitrogens with zero attached hydrogens (tertiary/aromatic N) is 1. The number of hydrogen-bond donors (Lipinski definition) is 2. The summed E-state index contributed by atoms with van der Waals surface area (Å²) in [4.78, 5) is 12.2. The summed E-state index contributed by atoms with van der Waals surface area (Å²) in [6.45, 7) is 1.90. The van der Waals surface area contributed by atoms with Crippen molar-refractivity contribution in [3.63, 3.8) is 0 Å². The molecule has 0 aliphatic heterocycles. The first-order valence-corrected chi connectivity index (χ1v) is 7.45. The standard InChI is InChI=1S/C13H13BrFN3OS/c1-7-11(13(16-2)20-18-7)12(19)17-6-8-5-9(14)3-4-10(8)15/h3-5,16H,6H2,1-2H3,(H,17,19). The van der Waals surface area contributed by atoms with Crippen LogP contribution in [0.5, 0.6) is 0 Å². The lowest BCUT2D eigenvalue weighted by Gasteiger charge is -2.08. The van der Waals surface area contributed by atoms with Gasteiger partial charge in [-0.15, -0.1) is 0 Å². The van der Waals surface area contributed by atoms with Crippen LogP contribution in [-0.2, 0) is 6.54 Å². The molecule has 0 unspecified atom stereocenters. The van der Waals surface area contributed by atoms with Crippen molar-refractivity contribution in [2.45, 2.75) is 13.5 Å². The number of halogens is 2. The largest absolute Gasteiger partial charge is 0.378 e. The highest BCUT2D eigenvalue weighted by Gasteiger charge is 2.17. The van der Waals surface area contributed by atoms with Crippen molar-refractivity contribution in [3.05, 3.63) is 45.3 Å². The van der Waals surface area contributed by atoms with Gasteiger partial charge in [0.1, 0.15) is 10.8 Å². The molecule has 0 fully saturated rings. The lowest BCUT2D eigenvalue weighted by molar-refractivity contribution is 0.0951. The highest BCUT2D eigenvalue weighted by atomic mass is 79.9. The minimum Gasteiger partial charge on any atom is -0.378 e. The number of benzene rings is 1. The fourth-order valence-corrected chi connectivity index (χ4v) is 2.90. The van der Waals surface area contributed by atoms with Gasteiger partial charge in [0.2, 0.25) is 0 Å². The maximum absolute atomic E-state index is 13.6. The van der Waals surface area contributed by atoms with Crippen molar-refractivity contribution >= 4 is 38.4 Å². The Bertz CT molecular complexity index is 645. The van der Waals surface area contributed by atoms with Crippen LogP contribution >= 0.6 is 27.5 Å². The quantitative estimate of drug-likeness (QED) is 0.882. The van der Waals surface area contributed by atoms with Gasteiger partial charge in [0.05, 0.1) is 11.3 Å². The van der Waals surface area contributed by atoms with Crippen LogP contribution in [0.1, 0.15) is 21.6 Å². The van der Waals surface area contributed by atoms with E-state index >= 15 is 0 Å². The number of aromatic nitrogens is 1. The van der Waals surface area contributed by atoms with Crippen LogP contribution in [0.25, 0.3) is 0 Å². The Morgan fingerprint density at radius 2 is 2.25 bits per heavy atom. The first kappa shape index (κ1) is 14.9. The molecule has 0 radical (unpaired) electrons. The summed E-state index contributed by atoms with van der Waals surface area (Å²) in [6, 6.07) is 4.63. The van der Waals surface area contributed by atoms with E-state index < -0.39 is 0 Å². The molecule has 0 saturated heterocycles. The van der Waals surface area contributed by atoms with Crippen molar-refractivity contribution in [1.29, 1.82) is 0 Å². The summed E-state index contributed by atoms with van der Waals surface area (Å²) in [5.41, 5.74) is 1.60. The molecule has 0 bridgehead atoms. The minimum atomic E-state index is -0.345. The fraction of sp³-hybridized carbons (Fsp3) is 0.231. The van der Waals surface area contributed by atoms with Gasteiger partial charge in [-0.05, 0) is 36.7 Å². The molecule has 2 N–H and O–H groups in total. The van der Waals surface area contributed by atoms with E-state index in [1.165, 1.54) is 17.6 Å². The van der Waals surface area contributed by atoms with E-state index in [4.69, 9.17) is 0 Å². The van der Waals surface area contributed by atoms with E-state index in [1.807, 2.05) is 0 Å². The predicted molar refractivity (Wildman–Crippen MR) is 81.7 cm³/mol. The number of amides is 1. The summed E-state index contributed by atoms with van der Waals surface area (Å²) >= 11 is 4.51. The Hall–Kier alpha value is -1.47. The number of carbonyl (C=O) groups is 1. The van der Waals surface area contributed by atoms with Crippen molar-refractivity contribution < 1.29 is 9.18 Å². The molecule has 4 nitrogen and oxygen atoms in total. The molecule has 0 saturated carbocycles. The van der Waals surface area contributed by atoms with Crippen LogP contribution in [-0.4, -0.2) is 17.3 Å². The zero-order chi connectivity index (χ0) is 14.7. The third-order valence-electron chi connectivity index (χ3n) is 2.76. The first-order chi connectivity index (χ1) is 9.52. The van der Waals surface area contributed by atoms with Gasteiger partial charge in [0.15, 0.2) is 0 Å². The van der Waals surface area contributed by atoms with Crippen molar-refractivity contribution in [3.8, 4) is 0 Å². The molecule has 20 heavy (non-hydrogen) atoms. The molecule has 1 amide bonds. The van der Waals surface area contributed by atoms with E-state index in [0.717, 1.165) is 4.47 Å². The second-order valence-corrected chi connectivity index (χ2v) is 5.83. The third kappa shape index (κ3) is 3.16. The average Bonchev–Trinajstić information content (AvgIpc) is 2.80. The maximum atomic E-state index is 13.6. The Morgan fingerprint density at radius 3 is 2.95 bits per heavy atom. The molecule has 2 aromatic rings. The second kappa shape index (κ2) is 6.32. The number of aryl methyl sites for hydroxylation is 1. The molecular weight excluding hydrogens is 345 g/mol. The molecule has 1 aromatic carbocycles. The number of hydrogen-bond acceptors (Lipinski definition) is 4. The van der Waals surface area contributed by atoms with Gasteiger partial charge in [0.25, 0.3) is 5.91 Å². The van der Waals surface area contributed by atoms with Crippen molar-refractivity contribution in [1.82, 2.24) is 9.69 Å². The highest BCUT2D eigenvalue weighted by molar-refractivity contribution is 9.10. The lowest BCUT2D eigenvalue weighted by atomic mass is 10.2. The molecule has 0 spiro atoms. The molecule has 7 heteroatoms. The van der Waals surface area contributed by atoms with Gasteiger partial charge >= 0.3 is 0 Å². The van der Waals surface area contributed by atoms with E-state index in [2.05, 4.69) is 30.9 Å². The van der Waals surface area contributed by atoms with Crippen LogP contribution in [0.4, 0.5) is 9.39 Å². The normalized spacial score (nSPS) is 10.4. The van der Waals surface area contributed by atoms with E-state index in [1.54, 1.807) is 26.1 Å². The Balaban J connectivity index is 2.12. The summed E-state index contributed by atoms with van der Waals surface area (Å²) in [5.74, 6) is -0.609. The van der Waals surface area contributed by atoms with Gasteiger partial charge in [-0.2, -0.15) is 4.37 Å². The van der Waals surface area contributed by atoms with Gasteiger partial charge in [-0.1, -0.05) is 15.9 Å². The average molecular weight is 358 g/mol. The highest BCUT2D eigenvalue weighted by Crippen LogP contribution is 2.24. The van der Waals surface area contributed by atoms with E-state index in [-0.39, 0.29) is 18.3 Å². The zero-order valence-electron chi connectivity index (χ0n) is 11.0. The van der Waals surface area contributed by atoms with Crippen LogP contribution in [0.2, 0.25) is 0 Å². The van der Waals surface area contributed by atoms with E-state index in [0.29, 0.717) is 21.8 Å². The van der Waals surface area contributed by atoms with E-state index in [9.17, 15) is 9.18 Å². The molecule has 106 valence electrons. The summed E-state index contributed by atoms with van der Waals surface area (Å²) < 4.78 is 18.5. The topological polar surface area (TPSA) is 54.0 Å². The molecular formula is C13H13BrFN3OS. The fourth-order valence-electron chi connectivity index (χ4n) is 1.75. The third-order valence-corrected chi connectivity index (χ3v) is 4.21. The van der Waals surface area contributed by atoms with Crippen LogP contribution in [0.15, 0.2) is 22.7 Å². The predicted octanol–water partition coefficient (Wildman–Crippen LogP) is 3.32. The van der Waals surface area contributed by atoms with Gasteiger partial charge in [0, 0.05) is 23.6 Å². The smallest absolute Gasteiger partial charge is 0.256 e. The van der Waals surface area contributed by atoms with Gasteiger partial charge < -0.3 is 10.6 Å². The molecule has 0 aliphatic rings. The monoisotopic (exact) mass is 357 g/mol. The summed E-state index contributed by atoms with van der Waals surface area (Å²) in [5, 5.41) is 6.34. The Morgan fingerprint density at radius 1 is 1.50 bits per heavy atom. The van der Waals surface area contributed by atoms with Crippen LogP contribution < -0.4 is 10.6 Å². The van der Waals surface area contributed by atoms with Gasteiger partial charge in [-0.25, -0.2) is 4.39 Å². The molecule has 2 rings (SSSR count). The molecule has 1 aromatic heterocycles. The first-order valence-electron chi connectivity index (χ1n) is 5.89.